The van der Waals surface area contributed by atoms with Crippen LogP contribution in [0.5, 0.6) is 0 Å². The van der Waals surface area contributed by atoms with Crippen molar-refractivity contribution in [2.75, 3.05) is 24.5 Å². The SMILES string of the molecule is NC1CCCCC12CCc1c(ncnc1N1CC3CCCNC3C1)C2. The van der Waals surface area contributed by atoms with Gasteiger partial charge in [-0.05, 0) is 62.8 Å². The molecule has 4 unspecified atom stereocenters. The van der Waals surface area contributed by atoms with Crippen LogP contribution >= 0.6 is 0 Å². The number of nitrogens with two attached hydrogens (primary N) is 1. The molecule has 1 spiro atoms. The van der Waals surface area contributed by atoms with Crippen LogP contribution < -0.4 is 16.0 Å². The lowest BCUT2D eigenvalue weighted by Gasteiger charge is -2.45. The van der Waals surface area contributed by atoms with E-state index in [9.17, 15) is 0 Å². The minimum atomic E-state index is 0.303. The van der Waals surface area contributed by atoms with Crippen LogP contribution in [0.1, 0.15) is 56.2 Å². The molecule has 2 saturated heterocycles. The fourth-order valence-electron chi connectivity index (χ4n) is 6.00. The molecule has 4 aliphatic rings. The molecule has 5 nitrogen and oxygen atoms in total. The summed E-state index contributed by atoms with van der Waals surface area (Å²) in [5.74, 6) is 2.02. The predicted octanol–water partition coefficient (Wildman–Crippen LogP) is 2.04. The average molecular weight is 342 g/mol. The van der Waals surface area contributed by atoms with Crippen molar-refractivity contribution in [1.82, 2.24) is 15.3 Å². The number of piperidine rings is 1. The lowest BCUT2D eigenvalue weighted by molar-refractivity contribution is 0.127. The van der Waals surface area contributed by atoms with Crippen LogP contribution in [0, 0.1) is 11.3 Å². The Morgan fingerprint density at radius 2 is 2.08 bits per heavy atom. The van der Waals surface area contributed by atoms with Gasteiger partial charge in [-0.1, -0.05) is 12.8 Å². The molecule has 2 aliphatic carbocycles. The molecule has 0 radical (unpaired) electrons. The molecule has 136 valence electrons. The van der Waals surface area contributed by atoms with E-state index in [0.717, 1.165) is 31.8 Å². The molecule has 4 atom stereocenters. The molecular formula is C20H31N5. The first-order chi connectivity index (χ1) is 12.3. The van der Waals surface area contributed by atoms with Gasteiger partial charge in [0.05, 0.1) is 0 Å². The second-order valence-electron chi connectivity index (χ2n) is 8.88. The number of fused-ring (bicyclic) bond motifs is 2. The summed E-state index contributed by atoms with van der Waals surface area (Å²) in [6.45, 7) is 3.45. The number of hydrogen-bond acceptors (Lipinski definition) is 5. The Bertz CT molecular complexity index is 633. The molecule has 5 heteroatoms. The standard InChI is InChI=1S/C20H31N5/c21-18-5-1-2-7-20(18)8-6-15-16(10-20)23-13-24-19(15)25-11-14-4-3-9-22-17(14)12-25/h13-14,17-18,22H,1-12,21H2. The van der Waals surface area contributed by atoms with Crippen molar-refractivity contribution >= 4 is 5.82 Å². The molecule has 0 aromatic carbocycles. The Labute approximate surface area is 150 Å². The second kappa shape index (κ2) is 6.20. The van der Waals surface area contributed by atoms with Gasteiger partial charge in [0.1, 0.15) is 12.1 Å². The van der Waals surface area contributed by atoms with Crippen LogP contribution in [0.2, 0.25) is 0 Å². The predicted molar refractivity (Wildman–Crippen MR) is 99.7 cm³/mol. The van der Waals surface area contributed by atoms with Crippen LogP contribution in [0.25, 0.3) is 0 Å². The summed E-state index contributed by atoms with van der Waals surface area (Å²) in [5, 5.41) is 3.71. The highest BCUT2D eigenvalue weighted by Gasteiger charge is 2.43. The van der Waals surface area contributed by atoms with Crippen molar-refractivity contribution in [2.24, 2.45) is 17.1 Å². The molecule has 0 bridgehead atoms. The lowest BCUT2D eigenvalue weighted by Crippen LogP contribution is -2.48. The summed E-state index contributed by atoms with van der Waals surface area (Å²) in [5.41, 5.74) is 9.59. The average Bonchev–Trinajstić information content (AvgIpc) is 3.07. The van der Waals surface area contributed by atoms with Gasteiger partial charge in [0.15, 0.2) is 0 Å². The van der Waals surface area contributed by atoms with Gasteiger partial charge in [0.25, 0.3) is 0 Å². The van der Waals surface area contributed by atoms with Gasteiger partial charge in [-0.15, -0.1) is 0 Å². The number of hydrogen-bond donors (Lipinski definition) is 2. The van der Waals surface area contributed by atoms with Crippen molar-refractivity contribution in [3.8, 4) is 0 Å². The molecule has 1 aromatic rings. The molecule has 3 heterocycles. The minimum absolute atomic E-state index is 0.303. The van der Waals surface area contributed by atoms with Gasteiger partial charge < -0.3 is 16.0 Å². The zero-order valence-corrected chi connectivity index (χ0v) is 15.2. The fraction of sp³-hybridized carbons (Fsp3) is 0.800. The van der Waals surface area contributed by atoms with E-state index < -0.39 is 0 Å². The molecule has 2 aliphatic heterocycles. The third-order valence-electron chi connectivity index (χ3n) is 7.53. The third kappa shape index (κ3) is 2.67. The largest absolute Gasteiger partial charge is 0.354 e. The number of anilines is 1. The summed E-state index contributed by atoms with van der Waals surface area (Å²) < 4.78 is 0. The number of rotatable bonds is 1. The Hall–Kier alpha value is -1.20. The van der Waals surface area contributed by atoms with Gasteiger partial charge in [0.2, 0.25) is 0 Å². The van der Waals surface area contributed by atoms with Crippen molar-refractivity contribution in [2.45, 2.75) is 69.9 Å². The highest BCUT2D eigenvalue weighted by atomic mass is 15.3. The van der Waals surface area contributed by atoms with Crippen LogP contribution in [0.15, 0.2) is 6.33 Å². The van der Waals surface area contributed by atoms with Gasteiger partial charge in [-0.25, -0.2) is 9.97 Å². The monoisotopic (exact) mass is 341 g/mol. The molecule has 1 aromatic heterocycles. The van der Waals surface area contributed by atoms with E-state index in [0.29, 0.717) is 17.5 Å². The van der Waals surface area contributed by atoms with E-state index in [1.807, 2.05) is 0 Å². The normalized spacial score (nSPS) is 37.8. The summed E-state index contributed by atoms with van der Waals surface area (Å²) in [4.78, 5) is 12.0. The van der Waals surface area contributed by atoms with E-state index >= 15 is 0 Å². The van der Waals surface area contributed by atoms with Crippen LogP contribution in [-0.4, -0.2) is 41.7 Å². The zero-order chi connectivity index (χ0) is 16.9. The van der Waals surface area contributed by atoms with Crippen LogP contribution in [0.3, 0.4) is 0 Å². The maximum atomic E-state index is 6.58. The molecule has 0 amide bonds. The summed E-state index contributed by atoms with van der Waals surface area (Å²) in [6, 6.07) is 1.01. The molecule has 3 fully saturated rings. The topological polar surface area (TPSA) is 67.1 Å². The summed E-state index contributed by atoms with van der Waals surface area (Å²) >= 11 is 0. The van der Waals surface area contributed by atoms with E-state index in [1.165, 1.54) is 68.6 Å². The smallest absolute Gasteiger partial charge is 0.135 e. The van der Waals surface area contributed by atoms with E-state index in [-0.39, 0.29) is 0 Å². The Balaban J connectivity index is 1.41. The van der Waals surface area contributed by atoms with E-state index in [4.69, 9.17) is 15.7 Å². The van der Waals surface area contributed by atoms with E-state index in [1.54, 1.807) is 6.33 Å². The highest BCUT2D eigenvalue weighted by Crippen LogP contribution is 2.46. The van der Waals surface area contributed by atoms with Crippen LogP contribution in [0.4, 0.5) is 5.82 Å². The maximum Gasteiger partial charge on any atom is 0.135 e. The Morgan fingerprint density at radius 3 is 2.96 bits per heavy atom. The summed E-state index contributed by atoms with van der Waals surface area (Å²) in [6.07, 6.45) is 13.0. The van der Waals surface area contributed by atoms with Gasteiger partial charge >= 0.3 is 0 Å². The van der Waals surface area contributed by atoms with Crippen molar-refractivity contribution in [3.63, 3.8) is 0 Å². The van der Waals surface area contributed by atoms with Crippen molar-refractivity contribution in [1.29, 1.82) is 0 Å². The first-order valence-electron chi connectivity index (χ1n) is 10.3. The van der Waals surface area contributed by atoms with Crippen molar-refractivity contribution in [3.05, 3.63) is 17.6 Å². The molecule has 25 heavy (non-hydrogen) atoms. The van der Waals surface area contributed by atoms with E-state index in [2.05, 4.69) is 10.2 Å². The molecule has 5 rings (SSSR count). The lowest BCUT2D eigenvalue weighted by atomic mass is 9.62. The molecule has 3 N–H and O–H groups in total. The first kappa shape index (κ1) is 16.0. The zero-order valence-electron chi connectivity index (χ0n) is 15.2. The minimum Gasteiger partial charge on any atom is -0.354 e. The quantitative estimate of drug-likeness (QED) is 0.818. The molecule has 1 saturated carbocycles. The number of nitrogens with one attached hydrogen (secondary N) is 1. The first-order valence-corrected chi connectivity index (χ1v) is 10.3. The second-order valence-corrected chi connectivity index (χ2v) is 8.88. The van der Waals surface area contributed by atoms with Gasteiger partial charge in [-0.3, -0.25) is 0 Å². The number of aromatic nitrogens is 2. The van der Waals surface area contributed by atoms with Gasteiger partial charge in [0, 0.05) is 36.4 Å². The Kier molecular flexibility index (Phi) is 3.97. The van der Waals surface area contributed by atoms with Crippen LogP contribution in [-0.2, 0) is 12.8 Å². The van der Waals surface area contributed by atoms with Gasteiger partial charge in [-0.2, -0.15) is 0 Å². The third-order valence-corrected chi connectivity index (χ3v) is 7.53. The number of nitrogens with zero attached hydrogens (tertiary/aromatic N) is 3. The maximum absolute atomic E-state index is 6.58. The van der Waals surface area contributed by atoms with Crippen molar-refractivity contribution < 1.29 is 0 Å². The summed E-state index contributed by atoms with van der Waals surface area (Å²) in [7, 11) is 0. The fourth-order valence-corrected chi connectivity index (χ4v) is 6.00. The molecular weight excluding hydrogens is 310 g/mol. The Morgan fingerprint density at radius 1 is 1.12 bits per heavy atom. The highest BCUT2D eigenvalue weighted by molar-refractivity contribution is 5.51.